The molecule has 232 valence electrons. The van der Waals surface area contributed by atoms with Crippen LogP contribution in [0.2, 0.25) is 0 Å². The number of rotatable bonds is 5. The Morgan fingerprint density at radius 2 is 1.36 bits per heavy atom. The number of aromatic nitrogens is 1. The van der Waals surface area contributed by atoms with E-state index >= 15 is 0 Å². The van der Waals surface area contributed by atoms with Crippen molar-refractivity contribution < 1.29 is 39.6 Å². The predicted molar refractivity (Wildman–Crippen MR) is 152 cm³/mol. The fourth-order valence-electron chi connectivity index (χ4n) is 5.01. The highest BCUT2D eigenvalue weighted by Gasteiger charge is 2.37. The molecule has 0 saturated carbocycles. The standard InChI is InChI=1S/C31H27F6N3O3S/c1-19(2)20-3-7-26(8-4-20)44(42,43)40-13-11-39(12-14-40)29(41)22-6-10-27-21(15-22)5-9-28(38-27)23-16-24(30(32,33)34)18-25(17-23)31(35,36)37/h3-10,15-19H,11-14H2,1-2H3. The molecular weight excluding hydrogens is 608 g/mol. The quantitative estimate of drug-likeness (QED) is 0.218. The molecule has 5 rings (SSSR count). The zero-order valence-electron chi connectivity index (χ0n) is 23.6. The van der Waals surface area contributed by atoms with Crippen LogP contribution in [0.5, 0.6) is 0 Å². The van der Waals surface area contributed by atoms with Gasteiger partial charge in [-0.3, -0.25) is 4.79 Å². The maximum absolute atomic E-state index is 13.3. The van der Waals surface area contributed by atoms with Crippen molar-refractivity contribution in [2.45, 2.75) is 37.0 Å². The van der Waals surface area contributed by atoms with E-state index in [9.17, 15) is 39.6 Å². The maximum Gasteiger partial charge on any atom is 0.416 e. The lowest BCUT2D eigenvalue weighted by atomic mass is 10.0. The second-order valence-corrected chi connectivity index (χ2v) is 12.8. The maximum atomic E-state index is 13.3. The van der Waals surface area contributed by atoms with Gasteiger partial charge in [0.1, 0.15) is 0 Å². The SMILES string of the molecule is CC(C)c1ccc(S(=O)(=O)N2CCN(C(=O)c3ccc4nc(-c5cc(C(F)(F)F)cc(C(F)(F)F)c5)ccc4c3)CC2)cc1. The van der Waals surface area contributed by atoms with E-state index in [-0.39, 0.29) is 71.3 Å². The molecule has 44 heavy (non-hydrogen) atoms. The van der Waals surface area contributed by atoms with Crippen molar-refractivity contribution in [3.05, 3.63) is 95.1 Å². The summed E-state index contributed by atoms with van der Waals surface area (Å²) in [6.45, 7) is 4.56. The number of halogens is 6. The lowest BCUT2D eigenvalue weighted by Crippen LogP contribution is -2.50. The molecule has 2 heterocycles. The van der Waals surface area contributed by atoms with E-state index in [4.69, 9.17) is 0 Å². The molecule has 1 saturated heterocycles. The van der Waals surface area contributed by atoms with Crippen molar-refractivity contribution >= 4 is 26.8 Å². The largest absolute Gasteiger partial charge is 0.416 e. The first-order chi connectivity index (χ1) is 20.5. The Kier molecular flexibility index (Phi) is 8.23. The number of carbonyl (C=O) groups excluding carboxylic acids is 1. The van der Waals surface area contributed by atoms with Crippen molar-refractivity contribution in [3.63, 3.8) is 0 Å². The van der Waals surface area contributed by atoms with Gasteiger partial charge in [0.05, 0.1) is 27.2 Å². The number of carbonyl (C=O) groups is 1. The van der Waals surface area contributed by atoms with Crippen molar-refractivity contribution in [2.24, 2.45) is 0 Å². The number of benzene rings is 3. The Hall–Kier alpha value is -3.97. The third kappa shape index (κ3) is 6.43. The lowest BCUT2D eigenvalue weighted by molar-refractivity contribution is -0.143. The highest BCUT2D eigenvalue weighted by Crippen LogP contribution is 2.38. The molecule has 1 aliphatic heterocycles. The van der Waals surface area contributed by atoms with Crippen LogP contribution in [0.3, 0.4) is 0 Å². The number of hydrogen-bond donors (Lipinski definition) is 0. The Bertz CT molecular complexity index is 1780. The van der Waals surface area contributed by atoms with Gasteiger partial charge in [-0.15, -0.1) is 0 Å². The fourth-order valence-corrected chi connectivity index (χ4v) is 6.43. The van der Waals surface area contributed by atoms with Crippen LogP contribution < -0.4 is 0 Å². The molecule has 0 radical (unpaired) electrons. The Morgan fingerprint density at radius 1 is 0.773 bits per heavy atom. The van der Waals surface area contributed by atoms with Gasteiger partial charge in [0.2, 0.25) is 10.0 Å². The molecule has 1 aromatic heterocycles. The van der Waals surface area contributed by atoms with E-state index in [0.29, 0.717) is 17.5 Å². The molecule has 1 fully saturated rings. The summed E-state index contributed by atoms with van der Waals surface area (Å²) in [7, 11) is -3.73. The molecule has 3 aromatic carbocycles. The van der Waals surface area contributed by atoms with Gasteiger partial charge in [-0.05, 0) is 66.1 Å². The first kappa shape index (κ1) is 31.5. The second kappa shape index (κ2) is 11.5. The minimum Gasteiger partial charge on any atom is -0.336 e. The Balaban J connectivity index is 1.32. The third-order valence-electron chi connectivity index (χ3n) is 7.53. The molecule has 0 aliphatic carbocycles. The Morgan fingerprint density at radius 3 is 1.91 bits per heavy atom. The third-order valence-corrected chi connectivity index (χ3v) is 9.44. The van der Waals surface area contributed by atoms with Crippen LogP contribution >= 0.6 is 0 Å². The molecule has 0 unspecified atom stereocenters. The average Bonchev–Trinajstić information content (AvgIpc) is 2.99. The van der Waals surface area contributed by atoms with Crippen LogP contribution in [0.15, 0.2) is 77.7 Å². The molecule has 1 amide bonds. The number of alkyl halides is 6. The number of fused-ring (bicyclic) bond motifs is 1. The average molecular weight is 636 g/mol. The first-order valence-corrected chi connectivity index (χ1v) is 15.1. The summed E-state index contributed by atoms with van der Waals surface area (Å²) in [4.78, 5) is 19.2. The second-order valence-electron chi connectivity index (χ2n) is 10.8. The van der Waals surface area contributed by atoms with Gasteiger partial charge in [0.15, 0.2) is 0 Å². The van der Waals surface area contributed by atoms with Gasteiger partial charge in [-0.2, -0.15) is 30.6 Å². The van der Waals surface area contributed by atoms with Gasteiger partial charge in [-0.1, -0.05) is 32.0 Å². The fraction of sp³-hybridized carbons (Fsp3) is 0.290. The highest BCUT2D eigenvalue weighted by molar-refractivity contribution is 7.89. The van der Waals surface area contributed by atoms with Gasteiger partial charge in [-0.25, -0.2) is 13.4 Å². The number of sulfonamides is 1. The predicted octanol–water partition coefficient (Wildman–Crippen LogP) is 7.21. The van der Waals surface area contributed by atoms with Gasteiger partial charge < -0.3 is 4.90 Å². The number of nitrogens with zero attached hydrogens (tertiary/aromatic N) is 3. The van der Waals surface area contributed by atoms with Crippen molar-refractivity contribution in [3.8, 4) is 11.3 Å². The minimum atomic E-state index is -4.99. The number of pyridine rings is 1. The van der Waals surface area contributed by atoms with Crippen LogP contribution in [0.4, 0.5) is 26.3 Å². The van der Waals surface area contributed by atoms with Gasteiger partial charge in [0, 0.05) is 42.7 Å². The van der Waals surface area contributed by atoms with E-state index in [1.54, 1.807) is 24.3 Å². The zero-order valence-corrected chi connectivity index (χ0v) is 24.4. The lowest BCUT2D eigenvalue weighted by Gasteiger charge is -2.34. The van der Waals surface area contributed by atoms with Gasteiger partial charge in [0.25, 0.3) is 5.91 Å². The number of piperazine rings is 1. The first-order valence-electron chi connectivity index (χ1n) is 13.6. The van der Waals surface area contributed by atoms with Crippen LogP contribution in [0, 0.1) is 0 Å². The minimum absolute atomic E-state index is 0.0572. The summed E-state index contributed by atoms with van der Waals surface area (Å²) in [6.07, 6.45) is -9.98. The topological polar surface area (TPSA) is 70.6 Å². The molecule has 0 N–H and O–H groups in total. The van der Waals surface area contributed by atoms with E-state index < -0.39 is 33.5 Å². The van der Waals surface area contributed by atoms with Crippen molar-refractivity contribution in [1.82, 2.24) is 14.2 Å². The van der Waals surface area contributed by atoms with Crippen molar-refractivity contribution in [1.29, 1.82) is 0 Å². The summed E-state index contributed by atoms with van der Waals surface area (Å²) in [5, 5.41) is 0.452. The van der Waals surface area contributed by atoms with Crippen LogP contribution in [0.25, 0.3) is 22.2 Å². The van der Waals surface area contributed by atoms with Crippen LogP contribution in [-0.2, 0) is 22.4 Å². The van der Waals surface area contributed by atoms with Crippen LogP contribution in [-0.4, -0.2) is 54.7 Å². The molecule has 4 aromatic rings. The highest BCUT2D eigenvalue weighted by atomic mass is 32.2. The molecule has 13 heteroatoms. The molecule has 0 atom stereocenters. The molecule has 1 aliphatic rings. The molecule has 0 spiro atoms. The van der Waals surface area contributed by atoms with Crippen molar-refractivity contribution in [2.75, 3.05) is 26.2 Å². The summed E-state index contributed by atoms with van der Waals surface area (Å²) >= 11 is 0. The van der Waals surface area contributed by atoms with E-state index in [2.05, 4.69) is 4.98 Å². The van der Waals surface area contributed by atoms with E-state index in [1.807, 2.05) is 13.8 Å². The summed E-state index contributed by atoms with van der Waals surface area (Å²) < 4.78 is 108. The van der Waals surface area contributed by atoms with E-state index in [0.717, 1.165) is 5.56 Å². The van der Waals surface area contributed by atoms with E-state index in [1.165, 1.54) is 39.5 Å². The monoisotopic (exact) mass is 635 g/mol. The smallest absolute Gasteiger partial charge is 0.336 e. The molecular formula is C31H27F6N3O3S. The normalized spacial score (nSPS) is 15.2. The zero-order chi connectivity index (χ0) is 32.0. The number of hydrogen-bond acceptors (Lipinski definition) is 4. The Labute approximate surface area is 250 Å². The summed E-state index contributed by atoms with van der Waals surface area (Å²) in [5.41, 5.74) is -1.76. The molecule has 0 bridgehead atoms. The summed E-state index contributed by atoms with van der Waals surface area (Å²) in [6, 6.07) is 15.2. The van der Waals surface area contributed by atoms with Crippen LogP contribution in [0.1, 0.15) is 46.8 Å². The number of amides is 1. The van der Waals surface area contributed by atoms with Gasteiger partial charge >= 0.3 is 12.4 Å². The molecule has 6 nitrogen and oxygen atoms in total. The summed E-state index contributed by atoms with van der Waals surface area (Å²) in [5.74, 6) is -0.0851.